The molecule has 1 N–H and O–H groups in total. The summed E-state index contributed by atoms with van der Waals surface area (Å²) in [5.41, 5.74) is 0. The van der Waals surface area contributed by atoms with Crippen molar-refractivity contribution in [3.8, 4) is 0 Å². The lowest BCUT2D eigenvalue weighted by atomic mass is 10.3. The molecule has 1 unspecified atom stereocenters. The smallest absolute Gasteiger partial charge is 0.250 e. The minimum absolute atomic E-state index is 0.289. The summed E-state index contributed by atoms with van der Waals surface area (Å²) < 4.78 is 30.3. The van der Waals surface area contributed by atoms with E-state index in [1.165, 1.54) is 11.3 Å². The van der Waals surface area contributed by atoms with Gasteiger partial charge in [0.2, 0.25) is 0 Å². The summed E-state index contributed by atoms with van der Waals surface area (Å²) in [7, 11) is -3.52. The van der Waals surface area contributed by atoms with E-state index in [9.17, 15) is 8.42 Å². The van der Waals surface area contributed by atoms with Crippen LogP contribution in [-0.4, -0.2) is 23.2 Å². The van der Waals surface area contributed by atoms with E-state index in [-0.39, 0.29) is 4.21 Å². The Balaban J connectivity index is 1.83. The van der Waals surface area contributed by atoms with Crippen LogP contribution in [0.2, 0.25) is 0 Å². The van der Waals surface area contributed by atoms with Gasteiger partial charge in [-0.05, 0) is 41.4 Å². The summed E-state index contributed by atoms with van der Waals surface area (Å²) in [6.45, 7) is 2.64. The quantitative estimate of drug-likeness (QED) is 0.885. The third kappa shape index (κ3) is 2.54. The van der Waals surface area contributed by atoms with Gasteiger partial charge in [-0.3, -0.25) is 0 Å². The molecular weight excluding hydrogens is 364 g/mol. The van der Waals surface area contributed by atoms with Crippen LogP contribution in [0.3, 0.4) is 0 Å². The van der Waals surface area contributed by atoms with Crippen molar-refractivity contribution in [2.24, 2.45) is 0 Å². The molecule has 108 valence electrons. The summed E-state index contributed by atoms with van der Waals surface area (Å²) in [5.74, 6) is 1.61. The van der Waals surface area contributed by atoms with Crippen molar-refractivity contribution in [3.05, 3.63) is 27.6 Å². The van der Waals surface area contributed by atoms with Crippen LogP contribution < -0.4 is 4.72 Å². The molecule has 20 heavy (non-hydrogen) atoms. The van der Waals surface area contributed by atoms with Gasteiger partial charge in [-0.1, -0.05) is 0 Å². The number of fused-ring (bicyclic) bond motifs is 1. The Morgan fingerprint density at radius 2 is 2.25 bits per heavy atom. The van der Waals surface area contributed by atoms with Crippen molar-refractivity contribution < 1.29 is 8.42 Å². The van der Waals surface area contributed by atoms with Crippen molar-refractivity contribution >= 4 is 37.3 Å². The maximum Gasteiger partial charge on any atom is 0.250 e. The fourth-order valence-corrected chi connectivity index (χ4v) is 5.51. The van der Waals surface area contributed by atoms with Crippen molar-refractivity contribution in [2.75, 3.05) is 0 Å². The molecular formula is C11H13BrN4O2S2. The first-order valence-corrected chi connectivity index (χ1v) is 9.26. The average molecular weight is 377 g/mol. The van der Waals surface area contributed by atoms with Gasteiger partial charge in [0.05, 0.1) is 9.83 Å². The minimum atomic E-state index is -3.52. The Labute approximate surface area is 129 Å². The first-order chi connectivity index (χ1) is 9.47. The normalized spacial score (nSPS) is 16.3. The lowest BCUT2D eigenvalue weighted by Crippen LogP contribution is -2.28. The number of aromatic nitrogens is 3. The summed E-state index contributed by atoms with van der Waals surface area (Å²) in [6.07, 6.45) is 1.94. The van der Waals surface area contributed by atoms with Crippen LogP contribution >= 0.6 is 27.3 Å². The molecule has 3 rings (SSSR count). The molecule has 0 aromatic carbocycles. The predicted octanol–water partition coefficient (Wildman–Crippen LogP) is 2.09. The van der Waals surface area contributed by atoms with Crippen molar-refractivity contribution in [1.82, 2.24) is 19.5 Å². The molecule has 0 bridgehead atoms. The molecule has 0 saturated carbocycles. The summed E-state index contributed by atoms with van der Waals surface area (Å²) in [4.78, 5) is 0. The fraction of sp³-hybridized carbons (Fsp3) is 0.455. The third-order valence-electron chi connectivity index (χ3n) is 3.17. The summed E-state index contributed by atoms with van der Waals surface area (Å²) in [5, 5.41) is 8.20. The van der Waals surface area contributed by atoms with Gasteiger partial charge in [0.1, 0.15) is 10.0 Å². The fourth-order valence-electron chi connectivity index (χ4n) is 2.28. The van der Waals surface area contributed by atoms with Crippen molar-refractivity contribution in [1.29, 1.82) is 0 Å². The second kappa shape index (κ2) is 5.21. The molecule has 3 heterocycles. The van der Waals surface area contributed by atoms with E-state index in [4.69, 9.17) is 0 Å². The largest absolute Gasteiger partial charge is 0.314 e. The van der Waals surface area contributed by atoms with E-state index >= 15 is 0 Å². The van der Waals surface area contributed by atoms with Gasteiger partial charge in [0, 0.05) is 13.0 Å². The standard InChI is InChI=1S/C11H13BrN4O2S2/c1-7(11-14-13-9-3-2-6-16(9)11)15-20(17,18)10-5-4-8(12)19-10/h4-5,7,15H,2-3,6H2,1H3. The lowest BCUT2D eigenvalue weighted by Gasteiger charge is -2.13. The lowest BCUT2D eigenvalue weighted by molar-refractivity contribution is 0.548. The van der Waals surface area contributed by atoms with E-state index < -0.39 is 16.1 Å². The van der Waals surface area contributed by atoms with E-state index in [0.29, 0.717) is 5.82 Å². The number of sulfonamides is 1. The number of hydrogen-bond acceptors (Lipinski definition) is 5. The maximum atomic E-state index is 12.3. The van der Waals surface area contributed by atoms with Gasteiger partial charge < -0.3 is 4.57 Å². The molecule has 2 aromatic heterocycles. The third-order valence-corrected chi connectivity index (χ3v) is 6.83. The van der Waals surface area contributed by atoms with E-state index in [0.717, 1.165) is 29.0 Å². The highest BCUT2D eigenvalue weighted by molar-refractivity contribution is 9.11. The minimum Gasteiger partial charge on any atom is -0.314 e. The molecule has 0 spiro atoms. The second-order valence-electron chi connectivity index (χ2n) is 4.63. The van der Waals surface area contributed by atoms with Crippen LogP contribution in [-0.2, 0) is 23.0 Å². The Morgan fingerprint density at radius 3 is 2.95 bits per heavy atom. The Morgan fingerprint density at radius 1 is 1.45 bits per heavy atom. The zero-order chi connectivity index (χ0) is 14.3. The summed E-state index contributed by atoms with van der Waals surface area (Å²) in [6, 6.07) is 2.90. The van der Waals surface area contributed by atoms with E-state index in [1.54, 1.807) is 19.1 Å². The highest BCUT2D eigenvalue weighted by atomic mass is 79.9. The number of aryl methyl sites for hydroxylation is 1. The molecule has 0 aliphatic carbocycles. The molecule has 0 amide bonds. The zero-order valence-corrected chi connectivity index (χ0v) is 13.9. The van der Waals surface area contributed by atoms with Crippen LogP contribution in [0.1, 0.15) is 31.0 Å². The molecule has 0 saturated heterocycles. The zero-order valence-electron chi connectivity index (χ0n) is 10.7. The van der Waals surface area contributed by atoms with Crippen LogP contribution in [0.4, 0.5) is 0 Å². The van der Waals surface area contributed by atoms with Crippen LogP contribution in [0.5, 0.6) is 0 Å². The van der Waals surface area contributed by atoms with Gasteiger partial charge in [-0.15, -0.1) is 21.5 Å². The number of thiophene rings is 1. The first-order valence-electron chi connectivity index (χ1n) is 6.17. The monoisotopic (exact) mass is 376 g/mol. The van der Waals surface area contributed by atoms with Gasteiger partial charge in [0.25, 0.3) is 10.0 Å². The second-order valence-corrected chi connectivity index (χ2v) is 9.03. The average Bonchev–Trinajstić information content (AvgIpc) is 3.01. The highest BCUT2D eigenvalue weighted by Gasteiger charge is 2.26. The number of nitrogens with one attached hydrogen (secondary N) is 1. The van der Waals surface area contributed by atoms with E-state index in [2.05, 4.69) is 30.8 Å². The maximum absolute atomic E-state index is 12.3. The Bertz CT molecular complexity index is 737. The molecule has 1 atom stereocenters. The summed E-state index contributed by atoms with van der Waals surface area (Å²) >= 11 is 4.45. The number of halogens is 1. The van der Waals surface area contributed by atoms with Gasteiger partial charge in [-0.2, -0.15) is 0 Å². The Kier molecular flexibility index (Phi) is 3.69. The molecule has 0 radical (unpaired) electrons. The van der Waals surface area contributed by atoms with Gasteiger partial charge in [-0.25, -0.2) is 13.1 Å². The molecule has 0 fully saturated rings. The SMILES string of the molecule is CC(NS(=O)(=O)c1ccc(Br)s1)c1nnc2n1CCC2. The molecule has 1 aliphatic rings. The first kappa shape index (κ1) is 14.2. The molecule has 9 heteroatoms. The molecule has 6 nitrogen and oxygen atoms in total. The van der Waals surface area contributed by atoms with Crippen LogP contribution in [0, 0.1) is 0 Å². The van der Waals surface area contributed by atoms with Gasteiger partial charge >= 0.3 is 0 Å². The molecule has 2 aromatic rings. The Hall–Kier alpha value is -0.770. The van der Waals surface area contributed by atoms with Gasteiger partial charge in [0.15, 0.2) is 5.82 Å². The van der Waals surface area contributed by atoms with Crippen LogP contribution in [0.15, 0.2) is 20.1 Å². The van der Waals surface area contributed by atoms with Crippen molar-refractivity contribution in [3.63, 3.8) is 0 Å². The van der Waals surface area contributed by atoms with Crippen LogP contribution in [0.25, 0.3) is 0 Å². The number of nitrogens with zero attached hydrogens (tertiary/aromatic N) is 3. The number of rotatable bonds is 4. The van der Waals surface area contributed by atoms with E-state index in [1.807, 2.05) is 4.57 Å². The highest BCUT2D eigenvalue weighted by Crippen LogP contribution is 2.27. The molecule has 1 aliphatic heterocycles. The predicted molar refractivity (Wildman–Crippen MR) is 79.1 cm³/mol. The topological polar surface area (TPSA) is 76.9 Å². The van der Waals surface area contributed by atoms with Crippen molar-refractivity contribution in [2.45, 2.75) is 36.6 Å². The number of hydrogen-bond donors (Lipinski definition) is 1.